The zero-order chi connectivity index (χ0) is 10.6. The van der Waals surface area contributed by atoms with E-state index in [2.05, 4.69) is 33.7 Å². The van der Waals surface area contributed by atoms with Crippen molar-refractivity contribution in [3.63, 3.8) is 0 Å². The van der Waals surface area contributed by atoms with Gasteiger partial charge in [0, 0.05) is 28.8 Å². The normalized spacial score (nSPS) is 16.1. The molecule has 78 valence electrons. The lowest BCUT2D eigenvalue weighted by atomic mass is 10.1. The first-order chi connectivity index (χ1) is 7.18. The largest absolute Gasteiger partial charge is 0.398 e. The molecule has 1 heterocycles. The summed E-state index contributed by atoms with van der Waals surface area (Å²) in [5.74, 6) is 0.741. The SMILES string of the molecule is Cn1cc(C2CC2)c2c(N)ccc(Br)c21. The van der Waals surface area contributed by atoms with Crippen LogP contribution in [0.5, 0.6) is 0 Å². The fraction of sp³-hybridized carbons (Fsp3) is 0.333. The highest BCUT2D eigenvalue weighted by Crippen LogP contribution is 2.46. The Hall–Kier alpha value is -0.960. The van der Waals surface area contributed by atoms with Gasteiger partial charge in [-0.25, -0.2) is 0 Å². The van der Waals surface area contributed by atoms with E-state index in [0.29, 0.717) is 0 Å². The van der Waals surface area contributed by atoms with Gasteiger partial charge in [-0.05, 0) is 52.4 Å². The Balaban J connectivity index is 2.42. The van der Waals surface area contributed by atoms with Gasteiger partial charge in [-0.15, -0.1) is 0 Å². The van der Waals surface area contributed by atoms with Crippen LogP contribution in [0.3, 0.4) is 0 Å². The molecule has 0 spiro atoms. The number of benzene rings is 1. The van der Waals surface area contributed by atoms with Crippen molar-refractivity contribution in [3.05, 3.63) is 28.4 Å². The van der Waals surface area contributed by atoms with Crippen LogP contribution in [0.25, 0.3) is 10.9 Å². The molecule has 3 heteroatoms. The van der Waals surface area contributed by atoms with Crippen molar-refractivity contribution in [2.24, 2.45) is 7.05 Å². The van der Waals surface area contributed by atoms with E-state index in [-0.39, 0.29) is 0 Å². The van der Waals surface area contributed by atoms with E-state index in [9.17, 15) is 0 Å². The highest BCUT2D eigenvalue weighted by Gasteiger charge is 2.28. The van der Waals surface area contributed by atoms with Crippen LogP contribution < -0.4 is 5.73 Å². The van der Waals surface area contributed by atoms with Crippen molar-refractivity contribution < 1.29 is 0 Å². The summed E-state index contributed by atoms with van der Waals surface area (Å²) in [4.78, 5) is 0. The van der Waals surface area contributed by atoms with Gasteiger partial charge in [0.15, 0.2) is 0 Å². The Morgan fingerprint density at radius 2 is 2.13 bits per heavy atom. The minimum absolute atomic E-state index is 0.741. The lowest BCUT2D eigenvalue weighted by Crippen LogP contribution is -1.89. The minimum Gasteiger partial charge on any atom is -0.398 e. The predicted molar refractivity (Wildman–Crippen MR) is 67.0 cm³/mol. The number of nitrogens with two attached hydrogens (primary N) is 1. The van der Waals surface area contributed by atoms with Crippen LogP contribution >= 0.6 is 15.9 Å². The molecule has 0 amide bonds. The summed E-state index contributed by atoms with van der Waals surface area (Å²) >= 11 is 3.59. The zero-order valence-corrected chi connectivity index (χ0v) is 10.2. The molecule has 1 aromatic heterocycles. The molecule has 0 bridgehead atoms. The fourth-order valence-electron chi connectivity index (χ4n) is 2.27. The van der Waals surface area contributed by atoms with Crippen molar-refractivity contribution in [1.29, 1.82) is 0 Å². The Morgan fingerprint density at radius 3 is 2.80 bits per heavy atom. The fourth-order valence-corrected chi connectivity index (χ4v) is 2.88. The summed E-state index contributed by atoms with van der Waals surface area (Å²) < 4.78 is 3.30. The van der Waals surface area contributed by atoms with Gasteiger partial charge < -0.3 is 10.3 Å². The maximum Gasteiger partial charge on any atom is 0.0645 e. The van der Waals surface area contributed by atoms with E-state index in [1.54, 1.807) is 0 Å². The molecular formula is C12H13BrN2. The molecule has 2 N–H and O–H groups in total. The maximum atomic E-state index is 6.07. The van der Waals surface area contributed by atoms with Crippen molar-refractivity contribution >= 4 is 32.5 Å². The molecule has 0 unspecified atom stereocenters. The highest BCUT2D eigenvalue weighted by molar-refractivity contribution is 9.10. The van der Waals surface area contributed by atoms with Crippen molar-refractivity contribution in [2.75, 3.05) is 5.73 Å². The van der Waals surface area contributed by atoms with Gasteiger partial charge in [0.2, 0.25) is 0 Å². The summed E-state index contributed by atoms with van der Waals surface area (Å²) in [6.45, 7) is 0. The van der Waals surface area contributed by atoms with Crippen LogP contribution in [0.4, 0.5) is 5.69 Å². The Bertz CT molecular complexity index is 538. The molecular weight excluding hydrogens is 252 g/mol. The third-order valence-corrected chi connectivity index (χ3v) is 3.79. The summed E-state index contributed by atoms with van der Waals surface area (Å²) in [6, 6.07) is 4.01. The smallest absolute Gasteiger partial charge is 0.0645 e. The molecule has 1 saturated carbocycles. The summed E-state index contributed by atoms with van der Waals surface area (Å²) in [6.07, 6.45) is 4.85. The van der Waals surface area contributed by atoms with Gasteiger partial charge in [0.05, 0.1) is 5.52 Å². The van der Waals surface area contributed by atoms with Crippen LogP contribution in [0.15, 0.2) is 22.8 Å². The van der Waals surface area contributed by atoms with Crippen LogP contribution in [0.2, 0.25) is 0 Å². The monoisotopic (exact) mass is 264 g/mol. The molecule has 1 fully saturated rings. The molecule has 1 aliphatic carbocycles. The number of hydrogen-bond acceptors (Lipinski definition) is 1. The van der Waals surface area contributed by atoms with E-state index < -0.39 is 0 Å². The van der Waals surface area contributed by atoms with E-state index >= 15 is 0 Å². The number of fused-ring (bicyclic) bond motifs is 1. The number of aromatic nitrogens is 1. The number of rotatable bonds is 1. The molecule has 0 radical (unpaired) electrons. The second-order valence-electron chi connectivity index (χ2n) is 4.33. The molecule has 2 aromatic rings. The second-order valence-corrected chi connectivity index (χ2v) is 5.18. The van der Waals surface area contributed by atoms with Crippen LogP contribution in [0.1, 0.15) is 24.3 Å². The van der Waals surface area contributed by atoms with Crippen molar-refractivity contribution in [2.45, 2.75) is 18.8 Å². The quantitative estimate of drug-likeness (QED) is 0.787. The topological polar surface area (TPSA) is 30.9 Å². The third-order valence-electron chi connectivity index (χ3n) is 3.15. The highest BCUT2D eigenvalue weighted by atomic mass is 79.9. The molecule has 1 aliphatic rings. The Labute approximate surface area is 97.2 Å². The lowest BCUT2D eigenvalue weighted by Gasteiger charge is -2.03. The molecule has 0 aliphatic heterocycles. The van der Waals surface area contributed by atoms with Crippen LogP contribution in [-0.2, 0) is 7.05 Å². The first-order valence-corrected chi connectivity index (χ1v) is 6.00. The average Bonchev–Trinajstić information content (AvgIpc) is 2.97. The first-order valence-electron chi connectivity index (χ1n) is 5.21. The molecule has 0 saturated heterocycles. The van der Waals surface area contributed by atoms with Crippen molar-refractivity contribution in [1.82, 2.24) is 4.57 Å². The third kappa shape index (κ3) is 1.29. The standard InChI is InChI=1S/C12H13BrN2/c1-15-6-8(7-2-3-7)11-10(14)5-4-9(13)12(11)15/h4-7H,2-3,14H2,1H3. The van der Waals surface area contributed by atoms with Gasteiger partial charge in [-0.3, -0.25) is 0 Å². The zero-order valence-electron chi connectivity index (χ0n) is 8.63. The summed E-state index contributed by atoms with van der Waals surface area (Å²) in [5.41, 5.74) is 9.61. The molecule has 15 heavy (non-hydrogen) atoms. The summed E-state index contributed by atoms with van der Waals surface area (Å²) in [5, 5.41) is 1.24. The number of nitrogens with zero attached hydrogens (tertiary/aromatic N) is 1. The van der Waals surface area contributed by atoms with E-state index in [0.717, 1.165) is 16.1 Å². The van der Waals surface area contributed by atoms with Crippen LogP contribution in [0, 0.1) is 0 Å². The molecule has 2 nitrogen and oxygen atoms in total. The predicted octanol–water partition coefficient (Wildman–Crippen LogP) is 3.40. The number of halogens is 1. The number of hydrogen-bond donors (Lipinski definition) is 1. The molecule has 0 atom stereocenters. The number of aryl methyl sites for hydroxylation is 1. The number of anilines is 1. The van der Waals surface area contributed by atoms with E-state index in [4.69, 9.17) is 5.73 Å². The van der Waals surface area contributed by atoms with Crippen LogP contribution in [-0.4, -0.2) is 4.57 Å². The van der Waals surface area contributed by atoms with E-state index in [1.807, 2.05) is 12.1 Å². The Kier molecular flexibility index (Phi) is 1.87. The Morgan fingerprint density at radius 1 is 1.40 bits per heavy atom. The van der Waals surface area contributed by atoms with Crippen molar-refractivity contribution in [3.8, 4) is 0 Å². The van der Waals surface area contributed by atoms with Gasteiger partial charge in [0.25, 0.3) is 0 Å². The molecule has 3 rings (SSSR count). The lowest BCUT2D eigenvalue weighted by molar-refractivity contribution is 0.950. The van der Waals surface area contributed by atoms with Gasteiger partial charge in [-0.1, -0.05) is 0 Å². The minimum atomic E-state index is 0.741. The van der Waals surface area contributed by atoms with Gasteiger partial charge >= 0.3 is 0 Å². The van der Waals surface area contributed by atoms with Gasteiger partial charge in [-0.2, -0.15) is 0 Å². The first kappa shape index (κ1) is 9.28. The second kappa shape index (κ2) is 3.01. The average molecular weight is 265 g/mol. The number of nitrogen functional groups attached to an aromatic ring is 1. The maximum absolute atomic E-state index is 6.07. The summed E-state index contributed by atoms with van der Waals surface area (Å²) in [7, 11) is 2.08. The van der Waals surface area contributed by atoms with Gasteiger partial charge in [0.1, 0.15) is 0 Å². The molecule has 1 aromatic carbocycles. The van der Waals surface area contributed by atoms with E-state index in [1.165, 1.54) is 29.3 Å².